The quantitative estimate of drug-likeness (QED) is 0.697. The maximum Gasteiger partial charge on any atom is 0.261 e. The van der Waals surface area contributed by atoms with E-state index in [1.807, 2.05) is 23.6 Å². The lowest BCUT2D eigenvalue weighted by atomic mass is 10.1. The highest BCUT2D eigenvalue weighted by molar-refractivity contribution is 9.10. The molecule has 0 fully saturated rings. The van der Waals surface area contributed by atoms with Gasteiger partial charge in [0.15, 0.2) is 0 Å². The molecule has 1 aromatic heterocycles. The van der Waals surface area contributed by atoms with E-state index in [2.05, 4.69) is 21.2 Å². The van der Waals surface area contributed by atoms with Crippen LogP contribution in [-0.2, 0) is 6.42 Å². The minimum Gasteiger partial charge on any atom is -0.343 e. The summed E-state index contributed by atoms with van der Waals surface area (Å²) in [5.74, 6) is -1.18. The molecular formula is C19H14BrFN2O2. The standard InChI is InChI=1S/C19H14BrFN2O2/c1-10-7-11-3-2-4-13-17(11)23(10)9-14(18(13)24)19(25)22-16-6-5-12(20)8-15(16)21/h2-6,8-10H,7H2,1H3,(H,22,25). The van der Waals surface area contributed by atoms with Gasteiger partial charge in [-0.1, -0.05) is 28.1 Å². The Morgan fingerprint density at radius 2 is 2.12 bits per heavy atom. The summed E-state index contributed by atoms with van der Waals surface area (Å²) in [4.78, 5) is 25.4. The van der Waals surface area contributed by atoms with Gasteiger partial charge in [-0.2, -0.15) is 0 Å². The van der Waals surface area contributed by atoms with E-state index in [-0.39, 0.29) is 22.7 Å². The molecule has 4 rings (SSSR count). The maximum atomic E-state index is 14.0. The molecule has 126 valence electrons. The average molecular weight is 401 g/mol. The van der Waals surface area contributed by atoms with Crippen LogP contribution in [-0.4, -0.2) is 10.5 Å². The number of halogens is 2. The Kier molecular flexibility index (Phi) is 3.72. The Bertz CT molecular complexity index is 1090. The Morgan fingerprint density at radius 1 is 1.32 bits per heavy atom. The van der Waals surface area contributed by atoms with Gasteiger partial charge in [0.05, 0.1) is 11.2 Å². The van der Waals surface area contributed by atoms with Crippen molar-refractivity contribution in [3.63, 3.8) is 0 Å². The first-order valence-electron chi connectivity index (χ1n) is 7.89. The number of amides is 1. The number of aromatic nitrogens is 1. The van der Waals surface area contributed by atoms with Gasteiger partial charge < -0.3 is 9.88 Å². The zero-order chi connectivity index (χ0) is 17.7. The van der Waals surface area contributed by atoms with Crippen LogP contribution in [0.2, 0.25) is 0 Å². The lowest BCUT2D eigenvalue weighted by Crippen LogP contribution is -2.24. The molecule has 1 atom stereocenters. The molecule has 3 aromatic rings. The molecule has 1 aliphatic heterocycles. The molecule has 1 amide bonds. The largest absolute Gasteiger partial charge is 0.343 e. The summed E-state index contributed by atoms with van der Waals surface area (Å²) in [6.45, 7) is 2.04. The van der Waals surface area contributed by atoms with E-state index in [1.54, 1.807) is 18.3 Å². The summed E-state index contributed by atoms with van der Waals surface area (Å²) in [6, 6.07) is 10.1. The predicted molar refractivity (Wildman–Crippen MR) is 98.7 cm³/mol. The number of benzene rings is 2. The molecular weight excluding hydrogens is 387 g/mol. The summed E-state index contributed by atoms with van der Waals surface area (Å²) in [6.07, 6.45) is 2.40. The number of nitrogens with one attached hydrogen (secondary N) is 1. The van der Waals surface area contributed by atoms with Crippen LogP contribution < -0.4 is 10.7 Å². The molecule has 6 heteroatoms. The summed E-state index contributed by atoms with van der Waals surface area (Å²) < 4.78 is 16.5. The molecule has 0 bridgehead atoms. The minimum absolute atomic E-state index is 0.0146. The average Bonchev–Trinajstić information content (AvgIpc) is 2.89. The minimum atomic E-state index is -0.610. The number of carbonyl (C=O) groups is 1. The van der Waals surface area contributed by atoms with Crippen molar-refractivity contribution in [1.82, 2.24) is 4.57 Å². The van der Waals surface area contributed by atoms with Gasteiger partial charge in [-0.05, 0) is 43.2 Å². The Morgan fingerprint density at radius 3 is 2.88 bits per heavy atom. The van der Waals surface area contributed by atoms with E-state index in [4.69, 9.17) is 0 Å². The third-order valence-electron chi connectivity index (χ3n) is 4.55. The van der Waals surface area contributed by atoms with Crippen molar-refractivity contribution in [2.24, 2.45) is 0 Å². The van der Waals surface area contributed by atoms with Gasteiger partial charge >= 0.3 is 0 Å². The molecule has 0 saturated heterocycles. The molecule has 2 aromatic carbocycles. The number of anilines is 1. The Balaban J connectivity index is 1.81. The highest BCUT2D eigenvalue weighted by atomic mass is 79.9. The van der Waals surface area contributed by atoms with E-state index in [0.29, 0.717) is 9.86 Å². The summed E-state index contributed by atoms with van der Waals surface area (Å²) in [7, 11) is 0. The van der Waals surface area contributed by atoms with Crippen LogP contribution >= 0.6 is 15.9 Å². The van der Waals surface area contributed by atoms with Crippen LogP contribution in [0.5, 0.6) is 0 Å². The van der Waals surface area contributed by atoms with Gasteiger partial charge in [0, 0.05) is 22.1 Å². The van der Waals surface area contributed by atoms with Crippen molar-refractivity contribution in [1.29, 1.82) is 0 Å². The first-order valence-corrected chi connectivity index (χ1v) is 8.68. The monoisotopic (exact) mass is 400 g/mol. The molecule has 1 unspecified atom stereocenters. The third-order valence-corrected chi connectivity index (χ3v) is 5.04. The first-order chi connectivity index (χ1) is 12.0. The van der Waals surface area contributed by atoms with Crippen LogP contribution in [0.3, 0.4) is 0 Å². The smallest absolute Gasteiger partial charge is 0.261 e. The summed E-state index contributed by atoms with van der Waals surface area (Å²) >= 11 is 3.17. The normalized spacial score (nSPS) is 15.6. The highest BCUT2D eigenvalue weighted by Gasteiger charge is 2.24. The third kappa shape index (κ3) is 2.57. The SMILES string of the molecule is CC1Cc2cccc3c(=O)c(C(=O)Nc4ccc(Br)cc4F)cn1c23. The number of hydrogen-bond donors (Lipinski definition) is 1. The van der Waals surface area contributed by atoms with Gasteiger partial charge in [0.2, 0.25) is 5.43 Å². The molecule has 4 nitrogen and oxygen atoms in total. The molecule has 1 aliphatic rings. The predicted octanol–water partition coefficient (Wildman–Crippen LogP) is 4.27. The van der Waals surface area contributed by atoms with Crippen molar-refractivity contribution in [3.05, 3.63) is 74.2 Å². The van der Waals surface area contributed by atoms with Crippen molar-refractivity contribution in [2.75, 3.05) is 5.32 Å². The lowest BCUT2D eigenvalue weighted by molar-refractivity contribution is 0.102. The van der Waals surface area contributed by atoms with Crippen molar-refractivity contribution < 1.29 is 9.18 Å². The van der Waals surface area contributed by atoms with Crippen LogP contribution in [0.1, 0.15) is 28.9 Å². The molecule has 2 heterocycles. The van der Waals surface area contributed by atoms with Crippen molar-refractivity contribution >= 4 is 38.4 Å². The second kappa shape index (κ2) is 5.81. The number of pyridine rings is 1. The molecule has 1 N–H and O–H groups in total. The number of rotatable bonds is 2. The zero-order valence-corrected chi connectivity index (χ0v) is 14.9. The fourth-order valence-corrected chi connectivity index (χ4v) is 3.69. The lowest BCUT2D eigenvalue weighted by Gasteiger charge is -2.13. The topological polar surface area (TPSA) is 51.1 Å². The van der Waals surface area contributed by atoms with E-state index in [1.165, 1.54) is 12.1 Å². The second-order valence-electron chi connectivity index (χ2n) is 6.22. The van der Waals surface area contributed by atoms with Gasteiger partial charge in [-0.15, -0.1) is 0 Å². The van der Waals surface area contributed by atoms with Crippen LogP contribution in [0.15, 0.2) is 51.9 Å². The van der Waals surface area contributed by atoms with Gasteiger partial charge in [0.25, 0.3) is 5.91 Å². The second-order valence-corrected chi connectivity index (χ2v) is 7.14. The number of para-hydroxylation sites is 1. The van der Waals surface area contributed by atoms with E-state index in [9.17, 15) is 14.0 Å². The molecule has 0 radical (unpaired) electrons. The highest BCUT2D eigenvalue weighted by Crippen LogP contribution is 2.31. The zero-order valence-electron chi connectivity index (χ0n) is 13.3. The number of nitrogens with zero attached hydrogens (tertiary/aromatic N) is 1. The van der Waals surface area contributed by atoms with Gasteiger partial charge in [-0.25, -0.2) is 4.39 Å². The number of carbonyl (C=O) groups excluding carboxylic acids is 1. The fraction of sp³-hybridized carbons (Fsp3) is 0.158. The maximum absolute atomic E-state index is 14.0. The molecule has 0 saturated carbocycles. The van der Waals surface area contributed by atoms with Gasteiger partial charge in [0.1, 0.15) is 11.4 Å². The van der Waals surface area contributed by atoms with E-state index < -0.39 is 11.7 Å². The van der Waals surface area contributed by atoms with E-state index in [0.717, 1.165) is 17.5 Å². The molecule has 25 heavy (non-hydrogen) atoms. The molecule has 0 aliphatic carbocycles. The van der Waals surface area contributed by atoms with Crippen molar-refractivity contribution in [3.8, 4) is 0 Å². The van der Waals surface area contributed by atoms with Crippen LogP contribution in [0.25, 0.3) is 10.9 Å². The summed E-state index contributed by atoms with van der Waals surface area (Å²) in [5.41, 5.74) is 1.70. The van der Waals surface area contributed by atoms with E-state index >= 15 is 0 Å². The molecule has 0 spiro atoms. The van der Waals surface area contributed by atoms with Gasteiger partial charge in [-0.3, -0.25) is 9.59 Å². The first kappa shape index (κ1) is 16.0. The van der Waals surface area contributed by atoms with Crippen LogP contribution in [0, 0.1) is 5.82 Å². The van der Waals surface area contributed by atoms with Crippen molar-refractivity contribution in [2.45, 2.75) is 19.4 Å². The fourth-order valence-electron chi connectivity index (χ4n) is 3.36. The number of hydrogen-bond acceptors (Lipinski definition) is 2. The van der Waals surface area contributed by atoms with Crippen LogP contribution in [0.4, 0.5) is 10.1 Å². The summed E-state index contributed by atoms with van der Waals surface area (Å²) in [5, 5.41) is 3.01. The Labute approximate surface area is 151 Å². The Hall–Kier alpha value is -2.47.